The van der Waals surface area contributed by atoms with Crippen molar-refractivity contribution in [2.24, 2.45) is 0 Å². The summed E-state index contributed by atoms with van der Waals surface area (Å²) in [5.74, 6) is -0.397. The van der Waals surface area contributed by atoms with Crippen LogP contribution in [-0.2, 0) is 0 Å². The molecule has 2 aliphatic rings. The molecule has 0 radical (unpaired) electrons. The van der Waals surface area contributed by atoms with Crippen LogP contribution < -0.4 is 15.2 Å². The van der Waals surface area contributed by atoms with Crippen LogP contribution in [0.5, 0.6) is 0 Å². The number of aromatic nitrogens is 2. The number of hydrogen-bond donors (Lipinski definition) is 1. The highest BCUT2D eigenvalue weighted by molar-refractivity contribution is 6.34. The number of carboxylic acid groups (broad SMARTS) is 1. The Kier molecular flexibility index (Phi) is 5.97. The van der Waals surface area contributed by atoms with Crippen molar-refractivity contribution >= 4 is 40.0 Å². The molecular weight excluding hydrogens is 466 g/mol. The first-order valence-corrected chi connectivity index (χ1v) is 12.3. The molecule has 4 heterocycles. The SMILES string of the molecule is C[C@@H]1CC[C@H](C)N1c1cc2c(cc1Cl)c(=O)c(C(=O)O)cn2-c1ccc(N2CC(N(C)C)C2)nc1. The van der Waals surface area contributed by atoms with Crippen LogP contribution in [0.4, 0.5) is 11.5 Å². The fourth-order valence-electron chi connectivity index (χ4n) is 5.24. The predicted octanol–water partition coefficient (Wildman–Crippen LogP) is 3.86. The molecule has 2 fully saturated rings. The van der Waals surface area contributed by atoms with Crippen molar-refractivity contribution in [1.29, 1.82) is 0 Å². The number of rotatable bonds is 5. The Hall–Kier alpha value is -3.10. The van der Waals surface area contributed by atoms with E-state index in [1.165, 1.54) is 6.20 Å². The smallest absolute Gasteiger partial charge is 0.341 e. The number of fused-ring (bicyclic) bond motifs is 1. The van der Waals surface area contributed by atoms with E-state index in [9.17, 15) is 14.7 Å². The Morgan fingerprint density at radius 3 is 2.40 bits per heavy atom. The molecule has 0 spiro atoms. The van der Waals surface area contributed by atoms with Crippen LogP contribution in [0.2, 0.25) is 5.02 Å². The fraction of sp³-hybridized carbons (Fsp3) is 0.423. The largest absolute Gasteiger partial charge is 0.477 e. The molecule has 2 atom stereocenters. The number of carboxylic acids is 1. The van der Waals surface area contributed by atoms with E-state index in [0.29, 0.717) is 34.4 Å². The second-order valence-corrected chi connectivity index (χ2v) is 10.4. The fourth-order valence-corrected chi connectivity index (χ4v) is 5.51. The first-order chi connectivity index (χ1) is 16.7. The minimum absolute atomic E-state index is 0.277. The number of aromatic carboxylic acids is 1. The van der Waals surface area contributed by atoms with Crippen molar-refractivity contribution < 1.29 is 9.90 Å². The van der Waals surface area contributed by atoms with E-state index in [4.69, 9.17) is 11.6 Å². The molecule has 184 valence electrons. The molecule has 1 N–H and O–H groups in total. The van der Waals surface area contributed by atoms with E-state index in [1.54, 1.807) is 16.8 Å². The molecule has 1 aromatic carbocycles. The van der Waals surface area contributed by atoms with Crippen molar-refractivity contribution in [2.75, 3.05) is 37.0 Å². The Labute approximate surface area is 209 Å². The number of anilines is 2. The van der Waals surface area contributed by atoms with Crippen molar-refractivity contribution in [2.45, 2.75) is 44.8 Å². The molecular formula is C26H30ClN5O3. The molecule has 0 saturated carbocycles. The summed E-state index contributed by atoms with van der Waals surface area (Å²) in [5.41, 5.74) is 1.30. The summed E-state index contributed by atoms with van der Waals surface area (Å²) in [7, 11) is 4.15. The van der Waals surface area contributed by atoms with E-state index in [0.717, 1.165) is 37.4 Å². The summed E-state index contributed by atoms with van der Waals surface area (Å²) in [6, 6.07) is 8.52. The van der Waals surface area contributed by atoms with E-state index in [2.05, 4.69) is 47.6 Å². The number of hydrogen-bond acceptors (Lipinski definition) is 6. The van der Waals surface area contributed by atoms with Crippen LogP contribution in [0.1, 0.15) is 37.0 Å². The summed E-state index contributed by atoms with van der Waals surface area (Å²) in [6.45, 7) is 6.17. The quantitative estimate of drug-likeness (QED) is 0.575. The Morgan fingerprint density at radius 2 is 1.83 bits per heavy atom. The number of halogens is 1. The summed E-state index contributed by atoms with van der Waals surface area (Å²) in [5, 5.41) is 10.4. The van der Waals surface area contributed by atoms with Gasteiger partial charge >= 0.3 is 5.97 Å². The van der Waals surface area contributed by atoms with Gasteiger partial charge in [-0.2, -0.15) is 0 Å². The third-order valence-corrected chi connectivity index (χ3v) is 7.76. The van der Waals surface area contributed by atoms with E-state index in [1.807, 2.05) is 18.2 Å². The molecule has 8 nitrogen and oxygen atoms in total. The summed E-state index contributed by atoms with van der Waals surface area (Å²) in [6.07, 6.45) is 5.25. The van der Waals surface area contributed by atoms with Gasteiger partial charge in [0.25, 0.3) is 0 Å². The van der Waals surface area contributed by atoms with Crippen LogP contribution in [0.3, 0.4) is 0 Å². The minimum atomic E-state index is -1.27. The maximum Gasteiger partial charge on any atom is 0.341 e. The second kappa shape index (κ2) is 8.84. The zero-order valence-corrected chi connectivity index (χ0v) is 21.2. The lowest BCUT2D eigenvalue weighted by Crippen LogP contribution is -2.57. The topological polar surface area (TPSA) is 81.9 Å². The van der Waals surface area contributed by atoms with E-state index in [-0.39, 0.29) is 10.9 Å². The lowest BCUT2D eigenvalue weighted by molar-refractivity contribution is 0.0695. The Balaban J connectivity index is 1.62. The molecule has 3 aromatic rings. The van der Waals surface area contributed by atoms with Gasteiger partial charge in [0.05, 0.1) is 28.1 Å². The van der Waals surface area contributed by atoms with Gasteiger partial charge in [0.2, 0.25) is 5.43 Å². The molecule has 0 unspecified atom stereocenters. The molecule has 0 aliphatic carbocycles. The zero-order chi connectivity index (χ0) is 25.0. The summed E-state index contributed by atoms with van der Waals surface area (Å²) < 4.78 is 1.74. The molecule has 35 heavy (non-hydrogen) atoms. The average Bonchev–Trinajstić information content (AvgIpc) is 3.11. The summed E-state index contributed by atoms with van der Waals surface area (Å²) in [4.78, 5) is 36.3. The van der Waals surface area contributed by atoms with Gasteiger partial charge in [0, 0.05) is 42.8 Å². The summed E-state index contributed by atoms with van der Waals surface area (Å²) >= 11 is 6.67. The van der Waals surface area contributed by atoms with Crippen LogP contribution in [0.15, 0.2) is 41.5 Å². The molecule has 2 saturated heterocycles. The first-order valence-electron chi connectivity index (χ1n) is 11.9. The van der Waals surface area contributed by atoms with E-state index >= 15 is 0 Å². The third kappa shape index (κ3) is 4.04. The lowest BCUT2D eigenvalue weighted by atomic mass is 10.1. The molecule has 9 heteroatoms. The highest BCUT2D eigenvalue weighted by Gasteiger charge is 2.31. The highest BCUT2D eigenvalue weighted by atomic mass is 35.5. The van der Waals surface area contributed by atoms with Gasteiger partial charge < -0.3 is 24.4 Å². The van der Waals surface area contributed by atoms with Crippen molar-refractivity contribution in [3.8, 4) is 5.69 Å². The van der Waals surface area contributed by atoms with Crippen molar-refractivity contribution in [3.05, 3.63) is 57.5 Å². The number of nitrogens with zero attached hydrogens (tertiary/aromatic N) is 5. The van der Waals surface area contributed by atoms with Crippen molar-refractivity contribution in [3.63, 3.8) is 0 Å². The highest BCUT2D eigenvalue weighted by Crippen LogP contribution is 2.38. The number of pyridine rings is 2. The Bertz CT molecular complexity index is 1340. The zero-order valence-electron chi connectivity index (χ0n) is 20.4. The van der Waals surface area contributed by atoms with Crippen molar-refractivity contribution in [1.82, 2.24) is 14.5 Å². The van der Waals surface area contributed by atoms with Gasteiger partial charge in [-0.15, -0.1) is 0 Å². The van der Waals surface area contributed by atoms with Gasteiger partial charge in [0.1, 0.15) is 11.4 Å². The molecule has 0 amide bonds. The standard InChI is InChI=1S/C26H30ClN5O3/c1-15-5-6-16(2)32(15)23-10-22-19(9-21(23)27)25(33)20(26(34)35)14-31(22)17-7-8-24(28-11-17)30-12-18(13-30)29(3)4/h7-11,14-16,18H,5-6,12-13H2,1-4H3,(H,34,35)/t15-,16+. The number of benzene rings is 1. The Morgan fingerprint density at radius 1 is 1.14 bits per heavy atom. The predicted molar refractivity (Wildman–Crippen MR) is 140 cm³/mol. The van der Waals surface area contributed by atoms with Gasteiger partial charge in [-0.3, -0.25) is 4.79 Å². The van der Waals surface area contributed by atoms with Gasteiger partial charge in [-0.1, -0.05) is 11.6 Å². The maximum atomic E-state index is 13.0. The molecule has 0 bridgehead atoms. The number of carbonyl (C=O) groups is 1. The average molecular weight is 496 g/mol. The van der Waals surface area contributed by atoms with E-state index < -0.39 is 11.4 Å². The number of likely N-dealkylation sites (N-methyl/N-ethyl adjacent to an activating group) is 1. The minimum Gasteiger partial charge on any atom is -0.477 e. The van der Waals surface area contributed by atoms with Crippen LogP contribution in [0.25, 0.3) is 16.6 Å². The third-order valence-electron chi connectivity index (χ3n) is 7.46. The van der Waals surface area contributed by atoms with Crippen LogP contribution in [0, 0.1) is 0 Å². The van der Waals surface area contributed by atoms with Crippen LogP contribution in [-0.4, -0.2) is 70.8 Å². The van der Waals surface area contributed by atoms with Crippen LogP contribution >= 0.6 is 11.6 Å². The maximum absolute atomic E-state index is 13.0. The first kappa shape index (κ1) is 23.6. The molecule has 5 rings (SSSR count). The lowest BCUT2D eigenvalue weighted by Gasteiger charge is -2.43. The molecule has 2 aliphatic heterocycles. The van der Waals surface area contributed by atoms with Gasteiger partial charge in [-0.25, -0.2) is 9.78 Å². The van der Waals surface area contributed by atoms with Gasteiger partial charge in [-0.05, 0) is 65.0 Å². The molecule has 2 aromatic heterocycles. The monoisotopic (exact) mass is 495 g/mol. The van der Waals surface area contributed by atoms with Gasteiger partial charge in [0.15, 0.2) is 0 Å². The second-order valence-electron chi connectivity index (χ2n) is 9.95. The normalized spacial score (nSPS) is 20.6.